The van der Waals surface area contributed by atoms with Crippen LogP contribution in [0.2, 0.25) is 0 Å². The largest absolute Gasteiger partial charge is 0.481 e. The Kier molecular flexibility index (Phi) is 4.52. The molecule has 1 aliphatic heterocycles. The third-order valence-corrected chi connectivity index (χ3v) is 5.55. The van der Waals surface area contributed by atoms with Crippen molar-refractivity contribution in [3.63, 3.8) is 0 Å². The minimum Gasteiger partial charge on any atom is -0.481 e. The maximum absolute atomic E-state index is 12.6. The van der Waals surface area contributed by atoms with E-state index in [1.807, 2.05) is 6.07 Å². The second kappa shape index (κ2) is 6.46. The molecule has 1 atom stereocenters. The van der Waals surface area contributed by atoms with Crippen LogP contribution in [0.4, 0.5) is 4.79 Å². The molecular formula is C19H26N2O3. The SMILES string of the molecule is CC1(C)CCC(NC(=O)N2CCC(C(=O)O)CC2)c2ccccc21. The van der Waals surface area contributed by atoms with Crippen molar-refractivity contribution in [1.29, 1.82) is 0 Å². The normalized spacial score (nSPS) is 23.4. The van der Waals surface area contributed by atoms with Crippen LogP contribution < -0.4 is 5.32 Å². The van der Waals surface area contributed by atoms with E-state index in [9.17, 15) is 9.59 Å². The predicted molar refractivity (Wildman–Crippen MR) is 91.9 cm³/mol. The van der Waals surface area contributed by atoms with Crippen molar-refractivity contribution in [1.82, 2.24) is 10.2 Å². The van der Waals surface area contributed by atoms with Gasteiger partial charge < -0.3 is 15.3 Å². The minimum absolute atomic E-state index is 0.0407. The number of piperidine rings is 1. The number of urea groups is 1. The highest BCUT2D eigenvalue weighted by Gasteiger charge is 2.34. The highest BCUT2D eigenvalue weighted by molar-refractivity contribution is 5.76. The fourth-order valence-electron chi connectivity index (χ4n) is 3.93. The lowest BCUT2D eigenvalue weighted by Gasteiger charge is -2.38. The van der Waals surface area contributed by atoms with Gasteiger partial charge in [0.05, 0.1) is 12.0 Å². The number of benzene rings is 1. The molecule has 0 spiro atoms. The smallest absolute Gasteiger partial charge is 0.317 e. The van der Waals surface area contributed by atoms with Crippen LogP contribution in [0.15, 0.2) is 24.3 Å². The highest BCUT2D eigenvalue weighted by atomic mass is 16.4. The first-order valence-corrected chi connectivity index (χ1v) is 8.76. The lowest BCUT2D eigenvalue weighted by atomic mass is 9.71. The summed E-state index contributed by atoms with van der Waals surface area (Å²) in [6.45, 7) is 5.53. The molecule has 1 heterocycles. The van der Waals surface area contributed by atoms with Gasteiger partial charge in [-0.3, -0.25) is 4.79 Å². The number of likely N-dealkylation sites (tertiary alicyclic amines) is 1. The molecule has 1 aromatic rings. The zero-order valence-corrected chi connectivity index (χ0v) is 14.4. The quantitative estimate of drug-likeness (QED) is 0.874. The number of hydrogen-bond donors (Lipinski definition) is 2. The average Bonchev–Trinajstić information content (AvgIpc) is 2.58. The summed E-state index contributed by atoms with van der Waals surface area (Å²) in [5, 5.41) is 12.2. The molecule has 2 N–H and O–H groups in total. The van der Waals surface area contributed by atoms with Crippen molar-refractivity contribution in [2.45, 2.75) is 51.0 Å². The number of hydrogen-bond acceptors (Lipinski definition) is 2. The number of carbonyl (C=O) groups is 2. The van der Waals surface area contributed by atoms with E-state index in [2.05, 4.69) is 37.4 Å². The van der Waals surface area contributed by atoms with Gasteiger partial charge in [0.2, 0.25) is 0 Å². The van der Waals surface area contributed by atoms with Crippen molar-refractivity contribution >= 4 is 12.0 Å². The van der Waals surface area contributed by atoms with Gasteiger partial charge in [-0.2, -0.15) is 0 Å². The third-order valence-electron chi connectivity index (χ3n) is 5.55. The van der Waals surface area contributed by atoms with E-state index in [0.29, 0.717) is 25.9 Å². The molecule has 0 radical (unpaired) electrons. The van der Waals surface area contributed by atoms with Gasteiger partial charge in [0.15, 0.2) is 0 Å². The molecule has 0 bridgehead atoms. The lowest BCUT2D eigenvalue weighted by molar-refractivity contribution is -0.143. The number of carbonyl (C=O) groups excluding carboxylic acids is 1. The molecule has 2 aliphatic rings. The first kappa shape index (κ1) is 16.8. The van der Waals surface area contributed by atoms with E-state index in [0.717, 1.165) is 12.8 Å². The Hall–Kier alpha value is -2.04. The molecule has 1 aliphatic carbocycles. The van der Waals surface area contributed by atoms with E-state index in [1.54, 1.807) is 4.90 Å². The van der Waals surface area contributed by atoms with E-state index >= 15 is 0 Å². The number of nitrogens with zero attached hydrogens (tertiary/aromatic N) is 1. The van der Waals surface area contributed by atoms with Crippen LogP contribution in [0.3, 0.4) is 0 Å². The Morgan fingerprint density at radius 1 is 1.17 bits per heavy atom. The number of rotatable bonds is 2. The fraction of sp³-hybridized carbons (Fsp3) is 0.579. The summed E-state index contributed by atoms with van der Waals surface area (Å²) < 4.78 is 0. The fourth-order valence-corrected chi connectivity index (χ4v) is 3.93. The van der Waals surface area contributed by atoms with Crippen LogP contribution in [-0.4, -0.2) is 35.1 Å². The molecule has 2 amide bonds. The molecule has 5 nitrogen and oxygen atoms in total. The number of aliphatic carboxylic acids is 1. The molecule has 5 heteroatoms. The Labute approximate surface area is 143 Å². The summed E-state index contributed by atoms with van der Waals surface area (Å²) >= 11 is 0. The second-order valence-electron chi connectivity index (χ2n) is 7.61. The Morgan fingerprint density at radius 3 is 2.50 bits per heavy atom. The molecule has 1 aromatic carbocycles. The van der Waals surface area contributed by atoms with Crippen LogP contribution in [-0.2, 0) is 10.2 Å². The molecule has 3 rings (SSSR count). The monoisotopic (exact) mass is 330 g/mol. The molecule has 24 heavy (non-hydrogen) atoms. The summed E-state index contributed by atoms with van der Waals surface area (Å²) in [5.41, 5.74) is 2.66. The van der Waals surface area contributed by atoms with Crippen molar-refractivity contribution in [2.75, 3.05) is 13.1 Å². The summed E-state index contributed by atoms with van der Waals surface area (Å²) in [6, 6.07) is 8.32. The van der Waals surface area contributed by atoms with Crippen molar-refractivity contribution in [3.05, 3.63) is 35.4 Å². The Bertz CT molecular complexity index is 633. The van der Waals surface area contributed by atoms with Gasteiger partial charge in [-0.05, 0) is 42.2 Å². The molecule has 1 saturated heterocycles. The minimum atomic E-state index is -0.751. The van der Waals surface area contributed by atoms with Gasteiger partial charge in [-0.15, -0.1) is 0 Å². The molecule has 1 fully saturated rings. The maximum Gasteiger partial charge on any atom is 0.317 e. The van der Waals surface area contributed by atoms with Crippen LogP contribution in [0.1, 0.15) is 56.7 Å². The number of carboxylic acid groups (broad SMARTS) is 1. The lowest BCUT2D eigenvalue weighted by Crippen LogP contribution is -2.47. The van der Waals surface area contributed by atoms with E-state index in [4.69, 9.17) is 5.11 Å². The number of nitrogens with one attached hydrogen (secondary N) is 1. The van der Waals surface area contributed by atoms with E-state index < -0.39 is 5.97 Å². The second-order valence-corrected chi connectivity index (χ2v) is 7.61. The number of amides is 2. The summed E-state index contributed by atoms with van der Waals surface area (Å²) in [4.78, 5) is 25.4. The van der Waals surface area contributed by atoms with Gasteiger partial charge in [-0.1, -0.05) is 38.1 Å². The Balaban J connectivity index is 1.67. The molecular weight excluding hydrogens is 304 g/mol. The van der Waals surface area contributed by atoms with Crippen LogP contribution in [0.25, 0.3) is 0 Å². The topological polar surface area (TPSA) is 69.6 Å². The highest BCUT2D eigenvalue weighted by Crippen LogP contribution is 2.41. The number of carboxylic acids is 1. The average molecular weight is 330 g/mol. The van der Waals surface area contributed by atoms with Crippen LogP contribution in [0.5, 0.6) is 0 Å². The summed E-state index contributed by atoms with van der Waals surface area (Å²) in [6.07, 6.45) is 3.05. The third kappa shape index (κ3) is 3.25. The first-order valence-electron chi connectivity index (χ1n) is 8.76. The van der Waals surface area contributed by atoms with Crippen molar-refractivity contribution < 1.29 is 14.7 Å². The van der Waals surface area contributed by atoms with Crippen molar-refractivity contribution in [2.24, 2.45) is 5.92 Å². The van der Waals surface area contributed by atoms with Crippen LogP contribution in [0, 0.1) is 5.92 Å². The van der Waals surface area contributed by atoms with E-state index in [-0.39, 0.29) is 23.4 Å². The van der Waals surface area contributed by atoms with Gasteiger partial charge in [0.25, 0.3) is 0 Å². The standard InChI is InChI=1S/C19H26N2O3/c1-19(2)10-7-16(14-5-3-4-6-15(14)19)20-18(24)21-11-8-13(9-12-21)17(22)23/h3-6,13,16H,7-12H2,1-2H3,(H,20,24)(H,22,23). The van der Waals surface area contributed by atoms with Gasteiger partial charge >= 0.3 is 12.0 Å². The zero-order valence-electron chi connectivity index (χ0n) is 14.4. The van der Waals surface area contributed by atoms with E-state index in [1.165, 1.54) is 11.1 Å². The molecule has 0 saturated carbocycles. The Morgan fingerprint density at radius 2 is 1.83 bits per heavy atom. The molecule has 130 valence electrons. The van der Waals surface area contributed by atoms with Crippen LogP contribution >= 0.6 is 0 Å². The van der Waals surface area contributed by atoms with Crippen molar-refractivity contribution in [3.8, 4) is 0 Å². The maximum atomic E-state index is 12.6. The summed E-state index contributed by atoms with van der Waals surface area (Å²) in [7, 11) is 0. The van der Waals surface area contributed by atoms with Gasteiger partial charge in [-0.25, -0.2) is 4.79 Å². The number of fused-ring (bicyclic) bond motifs is 1. The van der Waals surface area contributed by atoms with Gasteiger partial charge in [0, 0.05) is 13.1 Å². The van der Waals surface area contributed by atoms with Gasteiger partial charge in [0.1, 0.15) is 0 Å². The first-order chi connectivity index (χ1) is 11.4. The molecule has 0 aromatic heterocycles. The zero-order chi connectivity index (χ0) is 17.3. The predicted octanol–water partition coefficient (Wildman–Crippen LogP) is 3.31. The summed E-state index contributed by atoms with van der Waals surface area (Å²) in [5.74, 6) is -1.07. The molecule has 1 unspecified atom stereocenters.